The average molecular weight is 1340 g/mol. The third-order valence-electron chi connectivity index (χ3n) is 16.8. The van der Waals surface area contributed by atoms with Crippen LogP contribution in [0.2, 0.25) is 0 Å². The first-order valence-corrected chi connectivity index (χ1v) is 40.6. The molecule has 0 aliphatic carbocycles. The standard InChI is InChI=1S/C72H140O17P2/c1-6-9-12-15-18-21-22-23-24-27-30-33-37-41-46-51-56-70(75)83-62-68(89-72(77)58-53-48-43-38-34-31-28-25-26-29-32-36-39-44-49-54-65(4)5)64-87-91(80,81)85-60-66(73)59-84-90(78,79)86-63-67(61-82-69(74)55-50-45-40-20-17-14-11-8-3)88-71(76)57-52-47-42-35-19-16-13-10-7-2/h65-68,73H,6-64H2,1-5H3,(H,78,79)(H,80,81)/t66-,67+,68+/m0/s1. The van der Waals surface area contributed by atoms with E-state index in [-0.39, 0.29) is 25.7 Å². The van der Waals surface area contributed by atoms with Crippen molar-refractivity contribution in [3.63, 3.8) is 0 Å². The van der Waals surface area contributed by atoms with E-state index in [4.69, 9.17) is 37.0 Å². The molecule has 0 saturated carbocycles. The molecule has 0 fully saturated rings. The number of phosphoric acid groups is 2. The second-order valence-electron chi connectivity index (χ2n) is 26.5. The number of esters is 4. The molecule has 17 nitrogen and oxygen atoms in total. The fourth-order valence-corrected chi connectivity index (χ4v) is 12.6. The van der Waals surface area contributed by atoms with E-state index in [1.54, 1.807) is 0 Å². The van der Waals surface area contributed by atoms with Gasteiger partial charge in [-0.3, -0.25) is 37.3 Å². The zero-order chi connectivity index (χ0) is 67.0. The summed E-state index contributed by atoms with van der Waals surface area (Å²) in [5.41, 5.74) is 0. The molecule has 0 amide bonds. The van der Waals surface area contributed by atoms with Crippen molar-refractivity contribution < 1.29 is 80.2 Å². The number of phosphoric ester groups is 2. The number of ether oxygens (including phenoxy) is 4. The van der Waals surface area contributed by atoms with Gasteiger partial charge in [0.25, 0.3) is 0 Å². The maximum Gasteiger partial charge on any atom is 0.472 e. The van der Waals surface area contributed by atoms with Crippen molar-refractivity contribution in [1.82, 2.24) is 0 Å². The van der Waals surface area contributed by atoms with Crippen LogP contribution in [0.25, 0.3) is 0 Å². The van der Waals surface area contributed by atoms with Crippen LogP contribution < -0.4 is 0 Å². The van der Waals surface area contributed by atoms with Crippen LogP contribution in [0.3, 0.4) is 0 Å². The second-order valence-corrected chi connectivity index (χ2v) is 29.4. The van der Waals surface area contributed by atoms with Crippen molar-refractivity contribution in [3.05, 3.63) is 0 Å². The normalized spacial score (nSPS) is 14.0. The van der Waals surface area contributed by atoms with E-state index >= 15 is 0 Å². The first-order valence-electron chi connectivity index (χ1n) is 37.6. The molecule has 5 atom stereocenters. The monoisotopic (exact) mass is 1340 g/mol. The highest BCUT2D eigenvalue weighted by Crippen LogP contribution is 2.45. The highest BCUT2D eigenvalue weighted by atomic mass is 31.2. The molecule has 2 unspecified atom stereocenters. The zero-order valence-corrected chi connectivity index (χ0v) is 60.8. The second kappa shape index (κ2) is 65.4. The topological polar surface area (TPSA) is 237 Å². The summed E-state index contributed by atoms with van der Waals surface area (Å²) in [5.74, 6) is -1.32. The van der Waals surface area contributed by atoms with Gasteiger partial charge in [-0.15, -0.1) is 0 Å². The summed E-state index contributed by atoms with van der Waals surface area (Å²) < 4.78 is 68.2. The zero-order valence-electron chi connectivity index (χ0n) is 59.0. The Balaban J connectivity index is 5.18. The molecule has 540 valence electrons. The molecule has 0 aromatic rings. The van der Waals surface area contributed by atoms with Gasteiger partial charge in [-0.05, 0) is 31.6 Å². The van der Waals surface area contributed by atoms with E-state index in [2.05, 4.69) is 34.6 Å². The molecule has 0 aliphatic rings. The molecule has 0 spiro atoms. The van der Waals surface area contributed by atoms with Crippen LogP contribution in [0.4, 0.5) is 0 Å². The molecule has 19 heteroatoms. The van der Waals surface area contributed by atoms with E-state index in [1.165, 1.54) is 193 Å². The summed E-state index contributed by atoms with van der Waals surface area (Å²) >= 11 is 0. The van der Waals surface area contributed by atoms with Crippen molar-refractivity contribution in [1.29, 1.82) is 0 Å². The number of hydrogen-bond donors (Lipinski definition) is 3. The van der Waals surface area contributed by atoms with Gasteiger partial charge in [0.05, 0.1) is 26.4 Å². The number of rotatable bonds is 72. The van der Waals surface area contributed by atoms with E-state index in [0.717, 1.165) is 102 Å². The molecular weight excluding hydrogens is 1200 g/mol. The van der Waals surface area contributed by atoms with Gasteiger partial charge in [-0.25, -0.2) is 9.13 Å². The van der Waals surface area contributed by atoms with Crippen LogP contribution >= 0.6 is 15.6 Å². The molecule has 3 N–H and O–H groups in total. The van der Waals surface area contributed by atoms with Gasteiger partial charge in [0.2, 0.25) is 0 Å². The SMILES string of the molecule is CCCCCCCCCCCCCCCCCCC(=O)OC[C@H](COP(=O)(O)OC[C@@H](O)COP(=O)(O)OC[C@@H](COC(=O)CCCCCCCCCC)OC(=O)CCCCCCCCCCC)OC(=O)CCCCCCCCCCCCCCCCCC(C)C. The smallest absolute Gasteiger partial charge is 0.462 e. The van der Waals surface area contributed by atoms with Gasteiger partial charge in [-0.2, -0.15) is 0 Å². The van der Waals surface area contributed by atoms with Gasteiger partial charge in [-0.1, -0.05) is 324 Å². The van der Waals surface area contributed by atoms with Crippen molar-refractivity contribution in [3.8, 4) is 0 Å². The van der Waals surface area contributed by atoms with Crippen molar-refractivity contribution in [2.24, 2.45) is 5.92 Å². The van der Waals surface area contributed by atoms with Crippen LogP contribution in [-0.2, 0) is 65.4 Å². The lowest BCUT2D eigenvalue weighted by molar-refractivity contribution is -0.161. The maximum atomic E-state index is 13.0. The van der Waals surface area contributed by atoms with E-state index in [9.17, 15) is 43.2 Å². The highest BCUT2D eigenvalue weighted by molar-refractivity contribution is 7.47. The van der Waals surface area contributed by atoms with Gasteiger partial charge in [0.15, 0.2) is 12.2 Å². The summed E-state index contributed by atoms with van der Waals surface area (Å²) in [6.07, 6.45) is 52.8. The Morgan fingerprint density at radius 1 is 0.297 bits per heavy atom. The predicted octanol–water partition coefficient (Wildman–Crippen LogP) is 20.9. The highest BCUT2D eigenvalue weighted by Gasteiger charge is 2.30. The Kier molecular flexibility index (Phi) is 64.0. The van der Waals surface area contributed by atoms with E-state index < -0.39 is 97.5 Å². The van der Waals surface area contributed by atoms with Crippen LogP contribution in [-0.4, -0.2) is 96.7 Å². The number of aliphatic hydroxyl groups excluding tert-OH is 1. The first kappa shape index (κ1) is 89.1. The molecule has 0 heterocycles. The summed E-state index contributed by atoms with van der Waals surface area (Å²) in [6.45, 7) is 7.25. The average Bonchev–Trinajstić information content (AvgIpc) is 3.62. The minimum atomic E-state index is -4.95. The fourth-order valence-electron chi connectivity index (χ4n) is 11.0. The molecule has 0 rings (SSSR count). The summed E-state index contributed by atoms with van der Waals surface area (Å²) in [7, 11) is -9.90. The third-order valence-corrected chi connectivity index (χ3v) is 18.7. The third kappa shape index (κ3) is 66.5. The van der Waals surface area contributed by atoms with Gasteiger partial charge >= 0.3 is 39.5 Å². The minimum absolute atomic E-state index is 0.106. The number of hydrogen-bond acceptors (Lipinski definition) is 15. The van der Waals surface area contributed by atoms with Gasteiger partial charge in [0.1, 0.15) is 19.3 Å². The number of carbonyl (C=O) groups excluding carboxylic acids is 4. The fraction of sp³-hybridized carbons (Fsp3) is 0.944. The Labute approximate surface area is 556 Å². The van der Waals surface area contributed by atoms with Crippen molar-refractivity contribution >= 4 is 39.5 Å². The Morgan fingerprint density at radius 2 is 0.505 bits per heavy atom. The van der Waals surface area contributed by atoms with Crippen LogP contribution in [0.5, 0.6) is 0 Å². The number of unbranched alkanes of at least 4 members (excludes halogenated alkanes) is 44. The van der Waals surface area contributed by atoms with E-state index in [1.807, 2.05) is 0 Å². The quantitative estimate of drug-likeness (QED) is 0.0222. The van der Waals surface area contributed by atoms with Crippen LogP contribution in [0, 0.1) is 5.92 Å². The van der Waals surface area contributed by atoms with Gasteiger partial charge in [0, 0.05) is 25.7 Å². The van der Waals surface area contributed by atoms with Crippen molar-refractivity contribution in [2.75, 3.05) is 39.6 Å². The largest absolute Gasteiger partial charge is 0.472 e. The number of aliphatic hydroxyl groups is 1. The summed E-state index contributed by atoms with van der Waals surface area (Å²) in [4.78, 5) is 72.5. The molecule has 0 saturated heterocycles. The lowest BCUT2D eigenvalue weighted by Crippen LogP contribution is -2.30. The van der Waals surface area contributed by atoms with Crippen molar-refractivity contribution in [2.45, 2.75) is 393 Å². The minimum Gasteiger partial charge on any atom is -0.462 e. The Bertz CT molecular complexity index is 1750. The summed E-state index contributed by atoms with van der Waals surface area (Å²) in [6, 6.07) is 0. The maximum absolute atomic E-state index is 13.0. The molecule has 0 bridgehead atoms. The Hall–Kier alpha value is -1.94. The molecular formula is C72H140O17P2. The van der Waals surface area contributed by atoms with Crippen LogP contribution in [0.15, 0.2) is 0 Å². The van der Waals surface area contributed by atoms with E-state index in [0.29, 0.717) is 25.7 Å². The van der Waals surface area contributed by atoms with Gasteiger partial charge < -0.3 is 33.8 Å². The summed E-state index contributed by atoms with van der Waals surface area (Å²) in [5, 5.41) is 10.6. The lowest BCUT2D eigenvalue weighted by Gasteiger charge is -2.21. The molecule has 0 aromatic carbocycles. The van der Waals surface area contributed by atoms with Crippen LogP contribution in [0.1, 0.15) is 375 Å². The first-order chi connectivity index (χ1) is 44.0. The Morgan fingerprint density at radius 3 is 0.747 bits per heavy atom. The molecule has 91 heavy (non-hydrogen) atoms. The lowest BCUT2D eigenvalue weighted by atomic mass is 10.0. The molecule has 0 radical (unpaired) electrons. The molecule has 0 aromatic heterocycles. The molecule has 0 aliphatic heterocycles. The predicted molar refractivity (Wildman–Crippen MR) is 368 cm³/mol. The number of carbonyl (C=O) groups is 4.